The van der Waals surface area contributed by atoms with Gasteiger partial charge in [-0.25, -0.2) is 4.79 Å². The summed E-state index contributed by atoms with van der Waals surface area (Å²) in [5.41, 5.74) is 6.41. The number of amides is 2. The summed E-state index contributed by atoms with van der Waals surface area (Å²) in [5, 5.41) is 6.00. The van der Waals surface area contributed by atoms with Crippen LogP contribution in [0.4, 0.5) is 5.69 Å². The van der Waals surface area contributed by atoms with Gasteiger partial charge < -0.3 is 15.4 Å². The fourth-order valence-corrected chi connectivity index (χ4v) is 3.96. The fraction of sp³-hybridized carbons (Fsp3) is 0.308. The van der Waals surface area contributed by atoms with E-state index in [0.29, 0.717) is 22.9 Å². The molecule has 0 fully saturated rings. The van der Waals surface area contributed by atoms with Crippen molar-refractivity contribution in [2.75, 3.05) is 18.5 Å². The molecule has 0 aliphatic carbocycles. The highest BCUT2D eigenvalue weighted by molar-refractivity contribution is 6.05. The van der Waals surface area contributed by atoms with Crippen molar-refractivity contribution in [2.45, 2.75) is 41.0 Å². The number of para-hydroxylation sites is 1. The van der Waals surface area contributed by atoms with Crippen molar-refractivity contribution in [2.24, 2.45) is 0 Å². The topological polar surface area (TPSA) is 97.4 Å². The quantitative estimate of drug-likeness (QED) is 0.535. The predicted molar refractivity (Wildman–Crippen MR) is 128 cm³/mol. The first-order valence-corrected chi connectivity index (χ1v) is 10.9. The van der Waals surface area contributed by atoms with Crippen LogP contribution in [0.25, 0.3) is 10.9 Å². The number of hydrogen-bond donors (Lipinski definition) is 2. The Hall–Kier alpha value is -3.74. The average Bonchev–Trinajstić information content (AvgIpc) is 2.78. The van der Waals surface area contributed by atoms with Gasteiger partial charge in [0.15, 0.2) is 6.61 Å². The summed E-state index contributed by atoms with van der Waals surface area (Å²) in [6.07, 6.45) is 0.673. The molecule has 7 heteroatoms. The zero-order chi connectivity index (χ0) is 24.1. The second-order valence-electron chi connectivity index (χ2n) is 8.10. The predicted octanol–water partition coefficient (Wildman–Crippen LogP) is 3.94. The van der Waals surface area contributed by atoms with Crippen LogP contribution in [-0.2, 0) is 20.7 Å². The van der Waals surface area contributed by atoms with Gasteiger partial charge in [0.05, 0.1) is 17.6 Å². The standard InChI is InChI=1S/C26H29N3O4/c1-6-20-18(5)24(19-9-7-8-10-21(19)28-20)26(32)33-14-23(31)27-13-22(30)29-25-16(3)11-15(2)12-17(25)4/h7-12H,6,13-14H2,1-5H3,(H,27,31)(H,29,30). The van der Waals surface area contributed by atoms with Crippen LogP contribution in [0.3, 0.4) is 0 Å². The molecule has 3 aromatic rings. The molecule has 1 heterocycles. The lowest BCUT2D eigenvalue weighted by molar-refractivity contribution is -0.126. The molecule has 2 amide bonds. The molecule has 3 rings (SSSR count). The Labute approximate surface area is 193 Å². The van der Waals surface area contributed by atoms with Gasteiger partial charge >= 0.3 is 5.97 Å². The largest absolute Gasteiger partial charge is 0.452 e. The van der Waals surface area contributed by atoms with E-state index < -0.39 is 18.5 Å². The number of carbonyl (C=O) groups excluding carboxylic acids is 3. The highest BCUT2D eigenvalue weighted by Gasteiger charge is 2.19. The van der Waals surface area contributed by atoms with E-state index >= 15 is 0 Å². The number of esters is 1. The number of nitrogens with one attached hydrogen (secondary N) is 2. The molecule has 33 heavy (non-hydrogen) atoms. The summed E-state index contributed by atoms with van der Waals surface area (Å²) in [6.45, 7) is 8.93. The number of aromatic nitrogens is 1. The molecule has 172 valence electrons. The van der Waals surface area contributed by atoms with E-state index in [9.17, 15) is 14.4 Å². The average molecular weight is 448 g/mol. The van der Waals surface area contributed by atoms with Gasteiger partial charge in [-0.15, -0.1) is 0 Å². The van der Waals surface area contributed by atoms with Crippen molar-refractivity contribution in [3.63, 3.8) is 0 Å². The number of fused-ring (bicyclic) bond motifs is 1. The molecule has 0 unspecified atom stereocenters. The third-order valence-electron chi connectivity index (χ3n) is 5.50. The van der Waals surface area contributed by atoms with Crippen LogP contribution in [0.15, 0.2) is 36.4 Å². The van der Waals surface area contributed by atoms with Gasteiger partial charge in [-0.1, -0.05) is 42.8 Å². The number of rotatable bonds is 7. The van der Waals surface area contributed by atoms with Crippen molar-refractivity contribution >= 4 is 34.4 Å². The van der Waals surface area contributed by atoms with Gasteiger partial charge in [-0.2, -0.15) is 0 Å². The molecule has 0 saturated heterocycles. The minimum atomic E-state index is -0.591. The van der Waals surface area contributed by atoms with E-state index in [0.717, 1.165) is 33.6 Å². The minimum Gasteiger partial charge on any atom is -0.452 e. The van der Waals surface area contributed by atoms with E-state index in [4.69, 9.17) is 4.74 Å². The molecular weight excluding hydrogens is 418 g/mol. The maximum absolute atomic E-state index is 12.8. The van der Waals surface area contributed by atoms with Crippen LogP contribution < -0.4 is 10.6 Å². The van der Waals surface area contributed by atoms with E-state index in [1.807, 2.05) is 71.0 Å². The second-order valence-corrected chi connectivity index (χ2v) is 8.10. The van der Waals surface area contributed by atoms with Gasteiger partial charge in [0.25, 0.3) is 5.91 Å². The third kappa shape index (κ3) is 5.55. The Morgan fingerprint density at radius 2 is 1.64 bits per heavy atom. The summed E-state index contributed by atoms with van der Waals surface area (Å²) in [6, 6.07) is 11.3. The molecule has 0 bridgehead atoms. The SMILES string of the molecule is CCc1nc2ccccc2c(C(=O)OCC(=O)NCC(=O)Nc2c(C)cc(C)cc2C)c1C. The van der Waals surface area contributed by atoms with Crippen molar-refractivity contribution in [3.8, 4) is 0 Å². The summed E-state index contributed by atoms with van der Waals surface area (Å²) >= 11 is 0. The molecule has 2 aromatic carbocycles. The van der Waals surface area contributed by atoms with Crippen molar-refractivity contribution < 1.29 is 19.1 Å². The molecule has 7 nitrogen and oxygen atoms in total. The Kier molecular flexibility index (Phi) is 7.43. The Bertz CT molecular complexity index is 1210. The molecule has 0 spiro atoms. The number of carbonyl (C=O) groups is 3. The molecule has 1 aromatic heterocycles. The Morgan fingerprint density at radius 3 is 2.30 bits per heavy atom. The number of anilines is 1. The first-order chi connectivity index (χ1) is 15.7. The lowest BCUT2D eigenvalue weighted by Gasteiger charge is -2.14. The van der Waals surface area contributed by atoms with Crippen molar-refractivity contribution in [1.82, 2.24) is 10.3 Å². The maximum Gasteiger partial charge on any atom is 0.339 e. The number of nitrogens with zero attached hydrogens (tertiary/aromatic N) is 1. The van der Waals surface area contributed by atoms with Gasteiger partial charge in [-0.05, 0) is 56.9 Å². The zero-order valence-corrected chi connectivity index (χ0v) is 19.7. The first-order valence-electron chi connectivity index (χ1n) is 10.9. The second kappa shape index (κ2) is 10.3. The Morgan fingerprint density at radius 1 is 0.970 bits per heavy atom. The molecule has 0 saturated carbocycles. The molecular formula is C26H29N3O4. The molecule has 0 atom stereocenters. The summed E-state index contributed by atoms with van der Waals surface area (Å²) in [5.74, 6) is -1.50. The van der Waals surface area contributed by atoms with Crippen LogP contribution in [0, 0.1) is 27.7 Å². The monoisotopic (exact) mass is 447 g/mol. The van der Waals surface area contributed by atoms with Gasteiger partial charge in [0, 0.05) is 16.8 Å². The third-order valence-corrected chi connectivity index (χ3v) is 5.50. The zero-order valence-electron chi connectivity index (χ0n) is 19.7. The lowest BCUT2D eigenvalue weighted by atomic mass is 10.0. The summed E-state index contributed by atoms with van der Waals surface area (Å²) in [4.78, 5) is 41.9. The van der Waals surface area contributed by atoms with E-state index in [1.165, 1.54) is 0 Å². The van der Waals surface area contributed by atoms with E-state index in [-0.39, 0.29) is 12.5 Å². The Balaban J connectivity index is 1.60. The fourth-order valence-electron chi connectivity index (χ4n) is 3.96. The number of aryl methyl sites for hydroxylation is 4. The molecule has 0 aliphatic rings. The van der Waals surface area contributed by atoms with Crippen LogP contribution in [-0.4, -0.2) is 35.9 Å². The maximum atomic E-state index is 12.8. The molecule has 2 N–H and O–H groups in total. The lowest BCUT2D eigenvalue weighted by Crippen LogP contribution is -2.35. The number of benzene rings is 2. The number of hydrogen-bond acceptors (Lipinski definition) is 5. The van der Waals surface area contributed by atoms with Crippen molar-refractivity contribution in [3.05, 3.63) is 69.9 Å². The van der Waals surface area contributed by atoms with Gasteiger partial charge in [-0.3, -0.25) is 14.6 Å². The number of ether oxygens (including phenoxy) is 1. The summed E-state index contributed by atoms with van der Waals surface area (Å²) in [7, 11) is 0. The van der Waals surface area contributed by atoms with Crippen LogP contribution in [0.5, 0.6) is 0 Å². The van der Waals surface area contributed by atoms with Crippen LogP contribution in [0.2, 0.25) is 0 Å². The highest BCUT2D eigenvalue weighted by Crippen LogP contribution is 2.24. The van der Waals surface area contributed by atoms with Crippen LogP contribution >= 0.6 is 0 Å². The van der Waals surface area contributed by atoms with Crippen molar-refractivity contribution in [1.29, 1.82) is 0 Å². The smallest absolute Gasteiger partial charge is 0.339 e. The minimum absolute atomic E-state index is 0.222. The van der Waals surface area contributed by atoms with Gasteiger partial charge in [0.2, 0.25) is 5.91 Å². The summed E-state index contributed by atoms with van der Waals surface area (Å²) < 4.78 is 5.27. The highest BCUT2D eigenvalue weighted by atomic mass is 16.5. The molecule has 0 radical (unpaired) electrons. The molecule has 0 aliphatic heterocycles. The van der Waals surface area contributed by atoms with Crippen LogP contribution in [0.1, 0.15) is 45.2 Å². The van der Waals surface area contributed by atoms with Gasteiger partial charge in [0.1, 0.15) is 0 Å². The van der Waals surface area contributed by atoms with E-state index in [2.05, 4.69) is 15.6 Å². The first kappa shape index (κ1) is 23.9. The van der Waals surface area contributed by atoms with E-state index in [1.54, 1.807) is 0 Å². The number of pyridine rings is 1. The normalized spacial score (nSPS) is 10.7.